The van der Waals surface area contributed by atoms with E-state index in [1.807, 2.05) is 42.6 Å². The van der Waals surface area contributed by atoms with Crippen molar-refractivity contribution in [3.05, 3.63) is 138 Å². The number of aryl methyl sites for hydroxylation is 1. The van der Waals surface area contributed by atoms with Crippen molar-refractivity contribution in [1.29, 1.82) is 0 Å². The van der Waals surface area contributed by atoms with Crippen molar-refractivity contribution >= 4 is 49.2 Å². The number of benzene rings is 4. The number of nitrogens with zero attached hydrogens (tertiary/aromatic N) is 2. The van der Waals surface area contributed by atoms with E-state index in [0.717, 1.165) is 42.7 Å². The Balaban J connectivity index is 0.000000211. The smallest absolute Gasteiger partial charge is 0.133 e. The number of thiophene rings is 1. The molecule has 51 heavy (non-hydrogen) atoms. The largest absolute Gasteiger partial charge is 0.305 e. The van der Waals surface area contributed by atoms with Crippen LogP contribution in [-0.2, 0) is 20.1 Å². The Kier molecular flexibility index (Phi) is 11.7. The summed E-state index contributed by atoms with van der Waals surface area (Å²) in [6, 6.07) is 35.0. The molecular weight excluding hydrogens is 891 g/mol. The first kappa shape index (κ1) is 37.2. The molecule has 0 spiro atoms. The van der Waals surface area contributed by atoms with Gasteiger partial charge in [0.15, 0.2) is 0 Å². The second-order valence-electron chi connectivity index (χ2n) is 14.3. The van der Waals surface area contributed by atoms with E-state index < -0.39 is 24.9 Å². The minimum atomic E-state index is -1.77. The van der Waals surface area contributed by atoms with Crippen LogP contribution in [0.3, 0.4) is 0 Å². The maximum Gasteiger partial charge on any atom is 0.133 e. The summed E-state index contributed by atoms with van der Waals surface area (Å²) in [5.74, 6) is 6.74. The number of halogens is 2. The first-order valence-electron chi connectivity index (χ1n) is 17.4. The van der Waals surface area contributed by atoms with Gasteiger partial charge < -0.3 is 4.98 Å². The van der Waals surface area contributed by atoms with Gasteiger partial charge in [-0.05, 0) is 64.4 Å². The van der Waals surface area contributed by atoms with Crippen LogP contribution in [0.2, 0.25) is 17.3 Å². The molecule has 0 N–H and O–H groups in total. The molecule has 1 radical (unpaired) electrons. The van der Waals surface area contributed by atoms with Crippen LogP contribution in [0, 0.1) is 30.7 Å². The predicted molar refractivity (Wildman–Crippen MR) is 209 cm³/mol. The van der Waals surface area contributed by atoms with Gasteiger partial charge >= 0.3 is 106 Å². The molecule has 0 atom stereocenters. The molecule has 0 saturated heterocycles. The Labute approximate surface area is 320 Å². The van der Waals surface area contributed by atoms with Gasteiger partial charge in [-0.2, -0.15) is 11.3 Å². The molecule has 0 unspecified atom stereocenters. The number of hydrogen-bond donors (Lipinski definition) is 0. The molecule has 7 heteroatoms. The molecule has 1 saturated carbocycles. The Bertz CT molecular complexity index is 2270. The van der Waals surface area contributed by atoms with E-state index in [9.17, 15) is 8.78 Å². The second kappa shape index (κ2) is 16.0. The third-order valence-corrected chi connectivity index (χ3v) is 15.3. The van der Waals surface area contributed by atoms with Gasteiger partial charge in [-0.25, -0.2) is 8.78 Å². The van der Waals surface area contributed by atoms with Gasteiger partial charge in [0.25, 0.3) is 0 Å². The van der Waals surface area contributed by atoms with Crippen molar-refractivity contribution in [1.82, 2.24) is 9.97 Å². The Morgan fingerprint density at radius 3 is 2.22 bits per heavy atom. The van der Waals surface area contributed by atoms with Crippen LogP contribution in [0.1, 0.15) is 49.1 Å². The zero-order valence-corrected chi connectivity index (χ0v) is 34.6. The van der Waals surface area contributed by atoms with Crippen LogP contribution in [0.5, 0.6) is 0 Å². The summed E-state index contributed by atoms with van der Waals surface area (Å²) < 4.78 is 32.2. The molecule has 0 bridgehead atoms. The standard InChI is InChI=1S/C29H22F2NS.C15H18GeN.Ir/c30-24-7-4-8-25(31)29(24)21-9-11-22-23-15-20(10-12-27(23)33-28(22)17-21)26-16-19(13-14-32-26)18-5-2-1-3-6-18;1-12-10-15(13-8-6-5-7-9-13)17-11-14(12)16(2,3)4;/h4,7-9,11-18H,1-3,5-6H2;5-8,10-11H,1-4H3;/q2*-1;. The molecule has 1 aliphatic rings. The van der Waals surface area contributed by atoms with Gasteiger partial charge in [-0.3, -0.25) is 0 Å². The van der Waals surface area contributed by atoms with Crippen LogP contribution >= 0.6 is 11.3 Å². The van der Waals surface area contributed by atoms with Crippen LogP contribution in [0.15, 0.2) is 103 Å². The molecular formula is C44H40F2GeIrN2S-2. The number of rotatable bonds is 5. The molecule has 7 aromatic rings. The maximum absolute atomic E-state index is 14.3. The second-order valence-corrected chi connectivity index (χ2v) is 25.9. The van der Waals surface area contributed by atoms with Crippen LogP contribution < -0.4 is 4.40 Å². The van der Waals surface area contributed by atoms with Gasteiger partial charge in [-0.1, -0.05) is 54.5 Å². The Hall–Kier alpha value is -3.55. The fraction of sp³-hybridized carbons (Fsp3) is 0.227. The fourth-order valence-corrected chi connectivity index (χ4v) is 11.8. The maximum atomic E-state index is 14.3. The molecule has 0 amide bonds. The van der Waals surface area contributed by atoms with Gasteiger partial charge in [0.2, 0.25) is 0 Å². The molecule has 1 aliphatic carbocycles. The van der Waals surface area contributed by atoms with Gasteiger partial charge in [0.1, 0.15) is 11.6 Å². The zero-order chi connectivity index (χ0) is 34.8. The SMILES string of the molecule is Cc1cc(-c2[c-]cccc2)nc[c]1[Ge]([CH3])([CH3])[CH3].Fc1cccc(F)c1-c1ccc2c(c1)sc1c[c-]c(-c3cc(C4CCCCC4)ccn3)cc12.[Ir]. The molecule has 2 nitrogen and oxygen atoms in total. The number of hydrogen-bond acceptors (Lipinski definition) is 3. The summed E-state index contributed by atoms with van der Waals surface area (Å²) in [5, 5.41) is 2.20. The van der Waals surface area contributed by atoms with Crippen LogP contribution in [0.4, 0.5) is 8.78 Å². The van der Waals surface area contributed by atoms with Crippen molar-refractivity contribution in [3.8, 4) is 33.6 Å². The summed E-state index contributed by atoms with van der Waals surface area (Å²) in [6.07, 6.45) is 10.5. The fourth-order valence-electron chi connectivity index (χ4n) is 7.12. The third-order valence-electron chi connectivity index (χ3n) is 9.70. The molecule has 1 fully saturated rings. The first-order valence-corrected chi connectivity index (χ1v) is 25.5. The van der Waals surface area contributed by atoms with Gasteiger partial charge in [0, 0.05) is 31.0 Å². The molecule has 3 aromatic heterocycles. The van der Waals surface area contributed by atoms with Crippen molar-refractivity contribution < 1.29 is 28.9 Å². The van der Waals surface area contributed by atoms with Crippen LogP contribution in [0.25, 0.3) is 53.8 Å². The molecule has 261 valence electrons. The summed E-state index contributed by atoms with van der Waals surface area (Å²) in [7, 11) is 0. The zero-order valence-electron chi connectivity index (χ0n) is 29.3. The molecule has 8 rings (SSSR count). The van der Waals surface area contributed by atoms with E-state index in [4.69, 9.17) is 0 Å². The molecule has 0 aliphatic heterocycles. The first-order chi connectivity index (χ1) is 24.2. The predicted octanol–water partition coefficient (Wildman–Crippen LogP) is 12.3. The van der Waals surface area contributed by atoms with E-state index in [2.05, 4.69) is 82.8 Å². The van der Waals surface area contributed by atoms with Crippen molar-refractivity contribution in [2.75, 3.05) is 0 Å². The minimum absolute atomic E-state index is 0. The average Bonchev–Trinajstić information content (AvgIpc) is 3.49. The van der Waals surface area contributed by atoms with Gasteiger partial charge in [-0.15, -0.1) is 23.8 Å². The van der Waals surface area contributed by atoms with Crippen LogP contribution in [-0.4, -0.2) is 23.2 Å². The summed E-state index contributed by atoms with van der Waals surface area (Å²) >= 11 is -0.157. The van der Waals surface area contributed by atoms with E-state index in [-0.39, 0.29) is 25.7 Å². The van der Waals surface area contributed by atoms with Crippen molar-refractivity contribution in [3.63, 3.8) is 0 Å². The Morgan fingerprint density at radius 2 is 1.51 bits per heavy atom. The minimum Gasteiger partial charge on any atom is -0.305 e. The molecule has 4 aromatic carbocycles. The number of fused-ring (bicyclic) bond motifs is 3. The van der Waals surface area contributed by atoms with Crippen molar-refractivity contribution in [2.45, 2.75) is 62.2 Å². The molecule has 3 heterocycles. The van der Waals surface area contributed by atoms with E-state index in [1.54, 1.807) is 17.4 Å². The monoisotopic (exact) mass is 933 g/mol. The van der Waals surface area contributed by atoms with E-state index in [1.165, 1.54) is 65.8 Å². The third kappa shape index (κ3) is 8.25. The quantitative estimate of drug-likeness (QED) is 0.127. The van der Waals surface area contributed by atoms with E-state index >= 15 is 0 Å². The normalized spacial score (nSPS) is 13.5. The topological polar surface area (TPSA) is 25.8 Å². The average molecular weight is 932 g/mol. The van der Waals surface area contributed by atoms with E-state index in [0.29, 0.717) is 11.5 Å². The number of pyridine rings is 2. The summed E-state index contributed by atoms with van der Waals surface area (Å²) in [5.41, 5.74) is 7.35. The Morgan fingerprint density at radius 1 is 0.745 bits per heavy atom. The summed E-state index contributed by atoms with van der Waals surface area (Å²) in [4.78, 5) is 9.23. The summed E-state index contributed by atoms with van der Waals surface area (Å²) in [6.45, 7) is 2.19. The van der Waals surface area contributed by atoms with Gasteiger partial charge in [0.05, 0.1) is 5.56 Å². The number of aromatic nitrogens is 2. The van der Waals surface area contributed by atoms with Crippen molar-refractivity contribution in [2.24, 2.45) is 0 Å².